The molecule has 1 aromatic carbocycles. The highest BCUT2D eigenvalue weighted by Gasteiger charge is 2.39. The molecule has 1 fully saturated rings. The van der Waals surface area contributed by atoms with Crippen LogP contribution in [0.4, 0.5) is 4.39 Å². The lowest BCUT2D eigenvalue weighted by Crippen LogP contribution is -2.40. The number of benzene rings is 1. The van der Waals surface area contributed by atoms with Gasteiger partial charge in [-0.3, -0.25) is 4.79 Å². The number of amides is 1. The molecule has 1 amide bonds. The number of aliphatic hydroxyl groups is 1. The molecule has 1 saturated heterocycles. The van der Waals surface area contributed by atoms with E-state index in [-0.39, 0.29) is 18.5 Å². The molecule has 96 valence electrons. The van der Waals surface area contributed by atoms with Crippen LogP contribution >= 0.6 is 0 Å². The number of carbonyl (C=O) groups is 2. The van der Waals surface area contributed by atoms with E-state index in [4.69, 9.17) is 5.11 Å². The van der Waals surface area contributed by atoms with E-state index in [0.29, 0.717) is 0 Å². The molecule has 18 heavy (non-hydrogen) atoms. The van der Waals surface area contributed by atoms with Crippen LogP contribution in [-0.2, 0) is 4.79 Å². The summed E-state index contributed by atoms with van der Waals surface area (Å²) in [6.45, 7) is -0.0931. The smallest absolute Gasteiger partial charge is 0.326 e. The van der Waals surface area contributed by atoms with Gasteiger partial charge in [0.2, 0.25) is 0 Å². The van der Waals surface area contributed by atoms with Crippen LogP contribution in [0.3, 0.4) is 0 Å². The van der Waals surface area contributed by atoms with Crippen molar-refractivity contribution in [2.45, 2.75) is 18.6 Å². The SMILES string of the molecule is O=C(O)[C@H]1C[C@H](O)CN1C(=O)c1ccccc1F. The number of hydrogen-bond acceptors (Lipinski definition) is 3. The molecule has 2 rings (SSSR count). The van der Waals surface area contributed by atoms with Crippen molar-refractivity contribution < 1.29 is 24.2 Å². The molecule has 2 atom stereocenters. The number of carboxylic acid groups (broad SMARTS) is 1. The number of nitrogens with zero attached hydrogens (tertiary/aromatic N) is 1. The Hall–Kier alpha value is -1.95. The zero-order chi connectivity index (χ0) is 13.3. The largest absolute Gasteiger partial charge is 0.480 e. The van der Waals surface area contributed by atoms with Crippen LogP contribution in [0, 0.1) is 5.82 Å². The van der Waals surface area contributed by atoms with Crippen molar-refractivity contribution in [2.75, 3.05) is 6.54 Å². The Labute approximate surface area is 102 Å². The minimum atomic E-state index is -1.20. The Morgan fingerprint density at radius 1 is 1.33 bits per heavy atom. The monoisotopic (exact) mass is 253 g/mol. The van der Waals surface area contributed by atoms with Gasteiger partial charge in [-0.1, -0.05) is 12.1 Å². The Kier molecular flexibility index (Phi) is 3.29. The van der Waals surface area contributed by atoms with E-state index in [2.05, 4.69) is 0 Å². The van der Waals surface area contributed by atoms with Gasteiger partial charge in [-0.05, 0) is 12.1 Å². The van der Waals surface area contributed by atoms with Gasteiger partial charge < -0.3 is 15.1 Å². The molecule has 1 aromatic rings. The predicted octanol–water partition coefficient (Wildman–Crippen LogP) is 0.486. The summed E-state index contributed by atoms with van der Waals surface area (Å²) in [5.74, 6) is -2.61. The van der Waals surface area contributed by atoms with Gasteiger partial charge in [0.25, 0.3) is 5.91 Å². The second-order valence-electron chi connectivity index (χ2n) is 4.18. The van der Waals surface area contributed by atoms with Gasteiger partial charge in [-0.15, -0.1) is 0 Å². The number of likely N-dealkylation sites (tertiary alicyclic amines) is 1. The lowest BCUT2D eigenvalue weighted by molar-refractivity contribution is -0.141. The zero-order valence-corrected chi connectivity index (χ0v) is 9.41. The summed E-state index contributed by atoms with van der Waals surface area (Å²) in [5.41, 5.74) is -0.183. The Morgan fingerprint density at radius 3 is 2.61 bits per heavy atom. The third kappa shape index (κ3) is 2.19. The zero-order valence-electron chi connectivity index (χ0n) is 9.41. The van der Waals surface area contributed by atoms with Crippen molar-refractivity contribution in [3.63, 3.8) is 0 Å². The van der Waals surface area contributed by atoms with Gasteiger partial charge in [0.05, 0.1) is 11.7 Å². The highest BCUT2D eigenvalue weighted by Crippen LogP contribution is 2.21. The fraction of sp³-hybridized carbons (Fsp3) is 0.333. The molecule has 1 heterocycles. The maximum atomic E-state index is 13.5. The van der Waals surface area contributed by atoms with Gasteiger partial charge in [0.15, 0.2) is 0 Å². The summed E-state index contributed by atoms with van der Waals surface area (Å²) in [7, 11) is 0. The molecule has 0 saturated carbocycles. The molecule has 0 aliphatic carbocycles. The molecule has 0 aromatic heterocycles. The van der Waals surface area contributed by atoms with Gasteiger partial charge >= 0.3 is 5.97 Å². The number of rotatable bonds is 2. The number of halogens is 1. The second-order valence-corrected chi connectivity index (χ2v) is 4.18. The molecule has 0 unspecified atom stereocenters. The molecule has 1 aliphatic rings. The Balaban J connectivity index is 2.28. The van der Waals surface area contributed by atoms with E-state index >= 15 is 0 Å². The molecule has 6 heteroatoms. The minimum Gasteiger partial charge on any atom is -0.480 e. The number of aliphatic carboxylic acids is 1. The summed E-state index contributed by atoms with van der Waals surface area (Å²) < 4.78 is 13.5. The third-order valence-electron chi connectivity index (χ3n) is 2.93. The van der Waals surface area contributed by atoms with Crippen molar-refractivity contribution in [1.82, 2.24) is 4.90 Å². The van der Waals surface area contributed by atoms with Crippen molar-refractivity contribution in [3.8, 4) is 0 Å². The number of hydrogen-bond donors (Lipinski definition) is 2. The average molecular weight is 253 g/mol. The quantitative estimate of drug-likeness (QED) is 0.804. The first kappa shape index (κ1) is 12.5. The predicted molar refractivity (Wildman–Crippen MR) is 59.5 cm³/mol. The molecular formula is C12H12FNO4. The normalized spacial score (nSPS) is 23.1. The van der Waals surface area contributed by atoms with Crippen LogP contribution in [0.1, 0.15) is 16.8 Å². The standard InChI is InChI=1S/C12H12FNO4/c13-9-4-2-1-3-8(9)11(16)14-6-7(15)5-10(14)12(17)18/h1-4,7,10,15H,5-6H2,(H,17,18)/t7-,10+/m0/s1. The maximum Gasteiger partial charge on any atom is 0.326 e. The van der Waals surface area contributed by atoms with Crippen LogP contribution in [0.2, 0.25) is 0 Å². The lowest BCUT2D eigenvalue weighted by atomic mass is 10.1. The fourth-order valence-corrected chi connectivity index (χ4v) is 2.06. The van der Waals surface area contributed by atoms with Gasteiger partial charge in [0, 0.05) is 13.0 Å². The summed E-state index contributed by atoms with van der Waals surface area (Å²) in [5, 5.41) is 18.4. The van der Waals surface area contributed by atoms with Gasteiger partial charge in [0.1, 0.15) is 11.9 Å². The number of aliphatic hydroxyl groups excluding tert-OH is 1. The first-order valence-corrected chi connectivity index (χ1v) is 5.47. The van der Waals surface area contributed by atoms with E-state index in [1.807, 2.05) is 0 Å². The number of carboxylic acids is 1. The first-order chi connectivity index (χ1) is 8.50. The number of carbonyl (C=O) groups excluding carboxylic acids is 1. The average Bonchev–Trinajstić information content (AvgIpc) is 2.71. The highest BCUT2D eigenvalue weighted by atomic mass is 19.1. The van der Waals surface area contributed by atoms with Crippen LogP contribution in [-0.4, -0.2) is 45.7 Å². The second kappa shape index (κ2) is 4.73. The molecule has 1 aliphatic heterocycles. The molecule has 0 radical (unpaired) electrons. The molecular weight excluding hydrogens is 241 g/mol. The summed E-state index contributed by atoms with van der Waals surface area (Å²) in [4.78, 5) is 24.0. The van der Waals surface area contributed by atoms with Gasteiger partial charge in [-0.25, -0.2) is 9.18 Å². The number of β-amino-alcohol motifs (C(OH)–C–C–N with tert-alkyl or cyclic N) is 1. The summed E-state index contributed by atoms with van der Waals surface area (Å²) >= 11 is 0. The molecule has 2 N–H and O–H groups in total. The fourth-order valence-electron chi connectivity index (χ4n) is 2.06. The Morgan fingerprint density at radius 2 is 2.00 bits per heavy atom. The van der Waals surface area contributed by atoms with Crippen LogP contribution in [0.25, 0.3) is 0 Å². The molecule has 0 spiro atoms. The van der Waals surface area contributed by atoms with Crippen LogP contribution < -0.4 is 0 Å². The van der Waals surface area contributed by atoms with Crippen LogP contribution in [0.5, 0.6) is 0 Å². The van der Waals surface area contributed by atoms with Crippen molar-refractivity contribution in [3.05, 3.63) is 35.6 Å². The molecule has 5 nitrogen and oxygen atoms in total. The first-order valence-electron chi connectivity index (χ1n) is 5.47. The van der Waals surface area contributed by atoms with E-state index in [0.717, 1.165) is 11.0 Å². The molecule has 0 bridgehead atoms. The third-order valence-corrected chi connectivity index (χ3v) is 2.93. The minimum absolute atomic E-state index is 0.0322. The van der Waals surface area contributed by atoms with E-state index in [1.165, 1.54) is 18.2 Å². The highest BCUT2D eigenvalue weighted by molar-refractivity contribution is 5.97. The van der Waals surface area contributed by atoms with E-state index in [9.17, 15) is 19.1 Å². The Bertz CT molecular complexity index is 491. The topological polar surface area (TPSA) is 77.8 Å². The maximum absolute atomic E-state index is 13.5. The van der Waals surface area contributed by atoms with Crippen molar-refractivity contribution in [1.29, 1.82) is 0 Å². The van der Waals surface area contributed by atoms with Crippen molar-refractivity contribution in [2.24, 2.45) is 0 Å². The van der Waals surface area contributed by atoms with Crippen molar-refractivity contribution >= 4 is 11.9 Å². The summed E-state index contributed by atoms with van der Waals surface area (Å²) in [6.07, 6.45) is -0.919. The lowest BCUT2D eigenvalue weighted by Gasteiger charge is -2.21. The van der Waals surface area contributed by atoms with E-state index < -0.39 is 29.8 Å². The van der Waals surface area contributed by atoms with Gasteiger partial charge in [-0.2, -0.15) is 0 Å². The van der Waals surface area contributed by atoms with Crippen LogP contribution in [0.15, 0.2) is 24.3 Å². The summed E-state index contributed by atoms with van der Waals surface area (Å²) in [6, 6.07) is 4.27. The van der Waals surface area contributed by atoms with E-state index in [1.54, 1.807) is 0 Å².